The number of oxazole rings is 1. The van der Waals surface area contributed by atoms with Gasteiger partial charge in [-0.3, -0.25) is 9.59 Å². The van der Waals surface area contributed by atoms with Gasteiger partial charge >= 0.3 is 5.97 Å². The van der Waals surface area contributed by atoms with E-state index in [4.69, 9.17) is 9.52 Å². The monoisotopic (exact) mass is 212 g/mol. The second kappa shape index (κ2) is 4.59. The van der Waals surface area contributed by atoms with Crippen LogP contribution in [0.4, 0.5) is 0 Å². The molecule has 2 N–H and O–H groups in total. The smallest absolute Gasteiger partial charge is 0.308 e. The van der Waals surface area contributed by atoms with Crippen LogP contribution in [0.25, 0.3) is 0 Å². The normalized spacial score (nSPS) is 12.1. The molecule has 0 aliphatic carbocycles. The second-order valence-electron chi connectivity index (χ2n) is 3.21. The molecule has 0 fully saturated rings. The number of hydrogen-bond donors (Lipinski definition) is 2. The molecule has 1 aromatic rings. The molecule has 0 radical (unpaired) electrons. The third-order valence-corrected chi connectivity index (χ3v) is 1.95. The number of carboxylic acid groups (broad SMARTS) is 1. The number of carbonyl (C=O) groups is 2. The lowest BCUT2D eigenvalue weighted by atomic mass is 10.2. The van der Waals surface area contributed by atoms with Crippen LogP contribution in [-0.2, 0) is 4.79 Å². The number of aromatic nitrogens is 1. The summed E-state index contributed by atoms with van der Waals surface area (Å²) in [5, 5.41) is 11.1. The number of carbonyl (C=O) groups excluding carboxylic acids is 1. The van der Waals surface area contributed by atoms with Gasteiger partial charge in [-0.15, -0.1) is 0 Å². The van der Waals surface area contributed by atoms with Gasteiger partial charge in [-0.05, 0) is 6.92 Å². The summed E-state index contributed by atoms with van der Waals surface area (Å²) in [5.41, 5.74) is 0.188. The molecule has 0 aliphatic rings. The van der Waals surface area contributed by atoms with Crippen LogP contribution < -0.4 is 5.32 Å². The van der Waals surface area contributed by atoms with Crippen LogP contribution in [0.2, 0.25) is 0 Å². The van der Waals surface area contributed by atoms with Gasteiger partial charge in [-0.2, -0.15) is 0 Å². The Morgan fingerprint density at radius 1 is 1.67 bits per heavy atom. The molecule has 0 aromatic carbocycles. The first kappa shape index (κ1) is 11.2. The van der Waals surface area contributed by atoms with Gasteiger partial charge < -0.3 is 14.8 Å². The zero-order valence-corrected chi connectivity index (χ0v) is 8.48. The summed E-state index contributed by atoms with van der Waals surface area (Å²) < 4.78 is 4.85. The number of carboxylic acids is 1. The minimum atomic E-state index is -0.952. The summed E-state index contributed by atoms with van der Waals surface area (Å²) in [6.45, 7) is 3.20. The minimum Gasteiger partial charge on any atom is -0.481 e. The quantitative estimate of drug-likeness (QED) is 0.755. The third-order valence-electron chi connectivity index (χ3n) is 1.95. The Hall–Kier alpha value is -1.85. The number of nitrogens with one attached hydrogen (secondary N) is 1. The fourth-order valence-electron chi connectivity index (χ4n) is 0.940. The first-order valence-electron chi connectivity index (χ1n) is 4.43. The zero-order valence-electron chi connectivity index (χ0n) is 8.48. The van der Waals surface area contributed by atoms with E-state index in [2.05, 4.69) is 10.3 Å². The van der Waals surface area contributed by atoms with Crippen molar-refractivity contribution in [3.05, 3.63) is 17.8 Å². The maximum absolute atomic E-state index is 11.4. The first-order chi connectivity index (χ1) is 7.02. The summed E-state index contributed by atoms with van der Waals surface area (Å²) >= 11 is 0. The van der Waals surface area contributed by atoms with Crippen molar-refractivity contribution in [3.8, 4) is 0 Å². The summed E-state index contributed by atoms with van der Waals surface area (Å²) in [6, 6.07) is 0. The lowest BCUT2D eigenvalue weighted by Crippen LogP contribution is -2.31. The summed E-state index contributed by atoms with van der Waals surface area (Å²) in [4.78, 5) is 25.6. The fourth-order valence-corrected chi connectivity index (χ4v) is 0.940. The number of hydrogen-bond acceptors (Lipinski definition) is 4. The van der Waals surface area contributed by atoms with Gasteiger partial charge in [0.1, 0.15) is 5.76 Å². The molecule has 0 bridgehead atoms. The standard InChI is InChI=1S/C9H12N2O4/c1-5(9(13)14)3-10-8(12)7-6(2)15-4-11-7/h4-5H,3H2,1-2H3,(H,10,12)(H,13,14). The van der Waals surface area contributed by atoms with Crippen LogP contribution in [0.5, 0.6) is 0 Å². The number of aryl methyl sites for hydroxylation is 1. The van der Waals surface area contributed by atoms with Gasteiger partial charge in [-0.25, -0.2) is 4.98 Å². The van der Waals surface area contributed by atoms with Crippen LogP contribution in [0.3, 0.4) is 0 Å². The van der Waals surface area contributed by atoms with E-state index >= 15 is 0 Å². The molecule has 1 amide bonds. The van der Waals surface area contributed by atoms with Crippen LogP contribution in [0.15, 0.2) is 10.8 Å². The van der Waals surface area contributed by atoms with E-state index in [0.29, 0.717) is 5.76 Å². The SMILES string of the molecule is Cc1ocnc1C(=O)NCC(C)C(=O)O. The molecule has 6 heteroatoms. The highest BCUT2D eigenvalue weighted by atomic mass is 16.4. The average molecular weight is 212 g/mol. The van der Waals surface area contributed by atoms with Crippen LogP contribution in [0, 0.1) is 12.8 Å². The Morgan fingerprint density at radius 2 is 2.33 bits per heavy atom. The molecule has 1 rings (SSSR count). The minimum absolute atomic E-state index is 0.0699. The predicted molar refractivity (Wildman–Crippen MR) is 50.4 cm³/mol. The van der Waals surface area contributed by atoms with Crippen molar-refractivity contribution in [1.29, 1.82) is 0 Å². The van der Waals surface area contributed by atoms with Crippen LogP contribution in [0.1, 0.15) is 23.2 Å². The van der Waals surface area contributed by atoms with Crippen molar-refractivity contribution in [2.45, 2.75) is 13.8 Å². The number of aliphatic carboxylic acids is 1. The molecule has 6 nitrogen and oxygen atoms in total. The second-order valence-corrected chi connectivity index (χ2v) is 3.21. The van der Waals surface area contributed by atoms with E-state index in [9.17, 15) is 9.59 Å². The number of amides is 1. The van der Waals surface area contributed by atoms with Crippen molar-refractivity contribution < 1.29 is 19.1 Å². The molecule has 15 heavy (non-hydrogen) atoms. The molecule has 0 saturated heterocycles. The van der Waals surface area contributed by atoms with E-state index in [1.807, 2.05) is 0 Å². The lowest BCUT2D eigenvalue weighted by molar-refractivity contribution is -0.140. The molecule has 1 unspecified atom stereocenters. The van der Waals surface area contributed by atoms with Crippen molar-refractivity contribution in [3.63, 3.8) is 0 Å². The molecule has 1 aromatic heterocycles. The van der Waals surface area contributed by atoms with Crippen LogP contribution in [-0.4, -0.2) is 28.5 Å². The topological polar surface area (TPSA) is 92.4 Å². The highest BCUT2D eigenvalue weighted by Crippen LogP contribution is 2.04. The van der Waals surface area contributed by atoms with Crippen molar-refractivity contribution >= 4 is 11.9 Å². The Labute approximate surface area is 86.3 Å². The van der Waals surface area contributed by atoms with E-state index < -0.39 is 17.8 Å². The predicted octanol–water partition coefficient (Wildman–Crippen LogP) is 0.434. The molecule has 0 aliphatic heterocycles. The highest BCUT2D eigenvalue weighted by molar-refractivity contribution is 5.93. The van der Waals surface area contributed by atoms with Gasteiger partial charge in [0, 0.05) is 6.54 Å². The summed E-state index contributed by atoms with van der Waals surface area (Å²) in [6.07, 6.45) is 1.17. The molecule has 0 spiro atoms. The molecular weight excluding hydrogens is 200 g/mol. The Bertz CT molecular complexity index is 372. The average Bonchev–Trinajstić information content (AvgIpc) is 2.60. The number of rotatable bonds is 4. The fraction of sp³-hybridized carbons (Fsp3) is 0.444. The number of nitrogens with zero attached hydrogens (tertiary/aromatic N) is 1. The van der Waals surface area contributed by atoms with E-state index in [0.717, 1.165) is 0 Å². The summed E-state index contributed by atoms with van der Waals surface area (Å²) in [7, 11) is 0. The van der Waals surface area contributed by atoms with E-state index in [1.165, 1.54) is 13.3 Å². The molecule has 1 atom stereocenters. The molecule has 1 heterocycles. The van der Waals surface area contributed by atoms with Crippen molar-refractivity contribution in [2.24, 2.45) is 5.92 Å². The summed E-state index contributed by atoms with van der Waals surface area (Å²) in [5.74, 6) is -1.59. The van der Waals surface area contributed by atoms with E-state index in [1.54, 1.807) is 6.92 Å². The largest absolute Gasteiger partial charge is 0.481 e. The lowest BCUT2D eigenvalue weighted by Gasteiger charge is -2.06. The van der Waals surface area contributed by atoms with Crippen LogP contribution >= 0.6 is 0 Å². The Kier molecular flexibility index (Phi) is 3.43. The van der Waals surface area contributed by atoms with Gasteiger partial charge in [0.2, 0.25) is 0 Å². The maximum atomic E-state index is 11.4. The van der Waals surface area contributed by atoms with Gasteiger partial charge in [0.05, 0.1) is 5.92 Å². The Balaban J connectivity index is 2.51. The Morgan fingerprint density at radius 3 is 2.80 bits per heavy atom. The zero-order chi connectivity index (χ0) is 11.4. The van der Waals surface area contributed by atoms with Crippen molar-refractivity contribution in [2.75, 3.05) is 6.54 Å². The van der Waals surface area contributed by atoms with Gasteiger partial charge in [0.25, 0.3) is 5.91 Å². The first-order valence-corrected chi connectivity index (χ1v) is 4.43. The van der Waals surface area contributed by atoms with E-state index in [-0.39, 0.29) is 12.2 Å². The molecule has 0 saturated carbocycles. The third kappa shape index (κ3) is 2.80. The van der Waals surface area contributed by atoms with Gasteiger partial charge in [-0.1, -0.05) is 6.92 Å². The molecular formula is C9H12N2O4. The highest BCUT2D eigenvalue weighted by Gasteiger charge is 2.16. The molecule has 82 valence electrons. The van der Waals surface area contributed by atoms with Crippen molar-refractivity contribution in [1.82, 2.24) is 10.3 Å². The maximum Gasteiger partial charge on any atom is 0.308 e. The van der Waals surface area contributed by atoms with Gasteiger partial charge in [0.15, 0.2) is 12.1 Å².